The van der Waals surface area contributed by atoms with Gasteiger partial charge in [-0.1, -0.05) is 0 Å². The van der Waals surface area contributed by atoms with Crippen LogP contribution in [0.1, 0.15) is 22.5 Å². The normalized spacial score (nSPS) is 10.4. The highest BCUT2D eigenvalue weighted by atomic mass is 127. The van der Waals surface area contributed by atoms with Gasteiger partial charge in [0.2, 0.25) is 0 Å². The second-order valence-electron chi connectivity index (χ2n) is 2.44. The van der Waals surface area contributed by atoms with Crippen LogP contribution < -0.4 is 0 Å². The van der Waals surface area contributed by atoms with Crippen molar-refractivity contribution in [1.29, 1.82) is 0 Å². The fraction of sp³-hybridized carbons (Fsp3) is 0.143. The van der Waals surface area contributed by atoms with E-state index < -0.39 is 22.7 Å². The predicted octanol–water partition coefficient (Wildman–Crippen LogP) is 2.34. The summed E-state index contributed by atoms with van der Waals surface area (Å²) in [6.45, 7) is 0. The molecule has 1 aromatic rings. The molecule has 5 nitrogen and oxygen atoms in total. The van der Waals surface area contributed by atoms with Crippen LogP contribution in [0.5, 0.6) is 0 Å². The molecule has 0 aliphatic heterocycles. The second-order valence-corrected chi connectivity index (χ2v) is 3.52. The van der Waals surface area contributed by atoms with Crippen LogP contribution in [0.3, 0.4) is 0 Å². The van der Waals surface area contributed by atoms with Crippen LogP contribution in [0.15, 0.2) is 6.20 Å². The Balaban J connectivity index is 3.51. The van der Waals surface area contributed by atoms with E-state index in [9.17, 15) is 23.7 Å². The Hall–Kier alpha value is -1.19. The lowest BCUT2D eigenvalue weighted by Crippen LogP contribution is -2.04. The van der Waals surface area contributed by atoms with E-state index in [0.717, 1.165) is 6.20 Å². The Morgan fingerprint density at radius 1 is 1.60 bits per heavy atom. The molecule has 8 heteroatoms. The van der Waals surface area contributed by atoms with E-state index >= 15 is 0 Å². The Kier molecular flexibility index (Phi) is 3.61. The second kappa shape index (κ2) is 4.55. The van der Waals surface area contributed by atoms with Crippen LogP contribution in [0, 0.1) is 13.7 Å². The molecule has 0 radical (unpaired) electrons. The van der Waals surface area contributed by atoms with Crippen LogP contribution in [0.4, 0.5) is 14.5 Å². The molecule has 0 atom stereocenters. The van der Waals surface area contributed by atoms with Crippen molar-refractivity contribution in [3.8, 4) is 0 Å². The molecule has 0 saturated heterocycles. The van der Waals surface area contributed by atoms with Crippen LogP contribution in [0.2, 0.25) is 0 Å². The zero-order valence-corrected chi connectivity index (χ0v) is 9.14. The van der Waals surface area contributed by atoms with Crippen LogP contribution in [-0.4, -0.2) is 16.2 Å². The number of carbonyl (C=O) groups excluding carboxylic acids is 1. The van der Waals surface area contributed by atoms with Gasteiger partial charge in [0, 0.05) is 6.20 Å². The van der Waals surface area contributed by atoms with Crippen LogP contribution in [0.25, 0.3) is 0 Å². The van der Waals surface area contributed by atoms with E-state index in [1.54, 1.807) is 0 Å². The van der Waals surface area contributed by atoms with E-state index in [0.29, 0.717) is 6.29 Å². The van der Waals surface area contributed by atoms with E-state index in [1.165, 1.54) is 22.6 Å². The lowest BCUT2D eigenvalue weighted by molar-refractivity contribution is -0.387. The van der Waals surface area contributed by atoms with Crippen molar-refractivity contribution in [2.24, 2.45) is 0 Å². The molecule has 1 heterocycles. The summed E-state index contributed by atoms with van der Waals surface area (Å²) in [6, 6.07) is 0. The fourth-order valence-electron chi connectivity index (χ4n) is 0.922. The van der Waals surface area contributed by atoms with Crippen molar-refractivity contribution in [3.63, 3.8) is 0 Å². The van der Waals surface area contributed by atoms with Gasteiger partial charge >= 0.3 is 5.69 Å². The summed E-state index contributed by atoms with van der Waals surface area (Å²) in [6.07, 6.45) is -1.82. The van der Waals surface area contributed by atoms with Crippen molar-refractivity contribution in [2.75, 3.05) is 0 Å². The zero-order valence-electron chi connectivity index (χ0n) is 6.99. The van der Waals surface area contributed by atoms with Crippen molar-refractivity contribution < 1.29 is 18.5 Å². The number of hydrogen-bond donors (Lipinski definition) is 0. The van der Waals surface area contributed by atoms with Crippen LogP contribution >= 0.6 is 22.6 Å². The van der Waals surface area contributed by atoms with E-state index in [2.05, 4.69) is 4.98 Å². The van der Waals surface area contributed by atoms with E-state index in [-0.39, 0.29) is 9.13 Å². The molecular weight excluding hydrogens is 325 g/mol. The van der Waals surface area contributed by atoms with Gasteiger partial charge in [-0.05, 0) is 22.6 Å². The molecule has 0 unspecified atom stereocenters. The summed E-state index contributed by atoms with van der Waals surface area (Å²) in [5.74, 6) is 0. The van der Waals surface area contributed by atoms with Gasteiger partial charge in [0.05, 0.1) is 10.5 Å². The monoisotopic (exact) mass is 328 g/mol. The minimum absolute atomic E-state index is 0.0771. The summed E-state index contributed by atoms with van der Waals surface area (Å²) in [5.41, 5.74) is -1.81. The van der Waals surface area contributed by atoms with Gasteiger partial charge in [-0.15, -0.1) is 0 Å². The van der Waals surface area contributed by atoms with Crippen LogP contribution in [-0.2, 0) is 0 Å². The Morgan fingerprint density at radius 3 is 2.60 bits per heavy atom. The van der Waals surface area contributed by atoms with Gasteiger partial charge in [0.15, 0.2) is 12.0 Å². The molecule has 80 valence electrons. The summed E-state index contributed by atoms with van der Waals surface area (Å²) >= 11 is 1.47. The largest absolute Gasteiger partial charge is 0.310 e. The maximum atomic E-state index is 12.3. The van der Waals surface area contributed by atoms with Crippen molar-refractivity contribution in [1.82, 2.24) is 4.98 Å². The van der Waals surface area contributed by atoms with Crippen molar-refractivity contribution in [2.45, 2.75) is 6.43 Å². The number of halogens is 3. The average molecular weight is 328 g/mol. The quantitative estimate of drug-likeness (QED) is 0.369. The molecule has 1 rings (SSSR count). The minimum atomic E-state index is -3.04. The molecule has 0 bridgehead atoms. The lowest BCUT2D eigenvalue weighted by atomic mass is 10.2. The van der Waals surface area contributed by atoms with E-state index in [1.807, 2.05) is 0 Å². The molecule has 0 aromatic carbocycles. The van der Waals surface area contributed by atoms with Gasteiger partial charge < -0.3 is 0 Å². The Labute approximate surface area is 95.8 Å². The smallest absolute Gasteiger partial charge is 0.298 e. The molecule has 0 saturated carbocycles. The standard InChI is InChI=1S/C7H3F2IN2O3/c8-7(9)5-6(12(14)15)4(10)3(2-13)1-11-5/h1-2,7H. The summed E-state index contributed by atoms with van der Waals surface area (Å²) in [4.78, 5) is 23.2. The van der Waals surface area contributed by atoms with Crippen molar-refractivity contribution in [3.05, 3.63) is 31.1 Å². The minimum Gasteiger partial charge on any atom is -0.298 e. The van der Waals surface area contributed by atoms with E-state index in [4.69, 9.17) is 0 Å². The topological polar surface area (TPSA) is 73.1 Å². The molecule has 0 fully saturated rings. The Morgan fingerprint density at radius 2 is 2.20 bits per heavy atom. The van der Waals surface area contributed by atoms with Gasteiger partial charge in [-0.3, -0.25) is 14.9 Å². The third kappa shape index (κ3) is 2.25. The SMILES string of the molecule is O=Cc1cnc(C(F)F)c([N+](=O)[O-])c1I. The molecule has 0 spiro atoms. The number of aromatic nitrogens is 1. The van der Waals surface area contributed by atoms with Gasteiger partial charge in [-0.2, -0.15) is 0 Å². The summed E-state index contributed by atoms with van der Waals surface area (Å²) in [5, 5.41) is 10.5. The number of nitro groups is 1. The molecule has 0 amide bonds. The highest BCUT2D eigenvalue weighted by Crippen LogP contribution is 2.32. The number of carbonyl (C=O) groups is 1. The average Bonchev–Trinajstić information content (AvgIpc) is 2.16. The molecule has 0 aliphatic rings. The summed E-state index contributed by atoms with van der Waals surface area (Å²) < 4.78 is 24.6. The maximum absolute atomic E-state index is 12.3. The number of nitrogens with zero attached hydrogens (tertiary/aromatic N) is 2. The summed E-state index contributed by atoms with van der Waals surface area (Å²) in [7, 11) is 0. The highest BCUT2D eigenvalue weighted by molar-refractivity contribution is 14.1. The maximum Gasteiger partial charge on any atom is 0.310 e. The number of pyridine rings is 1. The molecule has 15 heavy (non-hydrogen) atoms. The number of aldehydes is 1. The first-order valence-electron chi connectivity index (χ1n) is 3.55. The van der Waals surface area contributed by atoms with Crippen molar-refractivity contribution >= 4 is 34.6 Å². The number of hydrogen-bond acceptors (Lipinski definition) is 4. The first kappa shape index (κ1) is 11.9. The van der Waals surface area contributed by atoms with Gasteiger partial charge in [-0.25, -0.2) is 13.8 Å². The molecule has 0 N–H and O–H groups in total. The fourth-order valence-corrected chi connectivity index (χ4v) is 1.66. The van der Waals surface area contributed by atoms with Gasteiger partial charge in [0.25, 0.3) is 6.43 Å². The predicted molar refractivity (Wildman–Crippen MR) is 54.0 cm³/mol. The van der Waals surface area contributed by atoms with Gasteiger partial charge in [0.1, 0.15) is 3.57 Å². The molecule has 0 aliphatic carbocycles. The lowest BCUT2D eigenvalue weighted by Gasteiger charge is -2.03. The number of alkyl halides is 2. The molecular formula is C7H3F2IN2O3. The first-order chi connectivity index (χ1) is 6.99. The first-order valence-corrected chi connectivity index (χ1v) is 4.63. The zero-order chi connectivity index (χ0) is 11.6. The molecule has 1 aromatic heterocycles. The Bertz CT molecular complexity index is 425. The number of rotatable bonds is 3. The third-order valence-corrected chi connectivity index (χ3v) is 2.70. The highest BCUT2D eigenvalue weighted by Gasteiger charge is 2.28. The third-order valence-electron chi connectivity index (χ3n) is 1.56.